The van der Waals surface area contributed by atoms with Crippen LogP contribution in [-0.2, 0) is 17.9 Å². The summed E-state index contributed by atoms with van der Waals surface area (Å²) < 4.78 is 0. The first-order valence-corrected chi connectivity index (χ1v) is 8.98. The minimum Gasteiger partial charge on any atom is -0.333 e. The maximum atomic E-state index is 13.0. The van der Waals surface area contributed by atoms with E-state index in [1.54, 1.807) is 11.3 Å². The summed E-state index contributed by atoms with van der Waals surface area (Å²) in [7, 11) is 0. The van der Waals surface area contributed by atoms with Crippen LogP contribution in [0.3, 0.4) is 0 Å². The Morgan fingerprint density at radius 3 is 2.70 bits per heavy atom. The molecule has 1 heterocycles. The fourth-order valence-corrected chi connectivity index (χ4v) is 3.96. The summed E-state index contributed by atoms with van der Waals surface area (Å²) in [5, 5.41) is 0. The zero-order valence-electron chi connectivity index (χ0n) is 13.4. The molecule has 122 valence electrons. The smallest absolute Gasteiger partial charge is 0.226 e. The van der Waals surface area contributed by atoms with Gasteiger partial charge in [0.15, 0.2) is 0 Å². The standard InChI is InChI=1S/C18H23N3OS/c1-13-17(23-12-20-13)11-21(10-14-5-3-2-4-6-14)18(22)15-7-8-16(19)9-15/h2-6,12,15-16H,7-11,19H2,1H3/t15-,16+/m0/s1. The van der Waals surface area contributed by atoms with Crippen LogP contribution >= 0.6 is 11.3 Å². The van der Waals surface area contributed by atoms with Gasteiger partial charge in [-0.05, 0) is 31.7 Å². The molecule has 1 aliphatic carbocycles. The zero-order chi connectivity index (χ0) is 16.2. The summed E-state index contributed by atoms with van der Waals surface area (Å²) in [6.45, 7) is 3.28. The minimum atomic E-state index is 0.0712. The number of amides is 1. The van der Waals surface area contributed by atoms with E-state index >= 15 is 0 Å². The lowest BCUT2D eigenvalue weighted by Crippen LogP contribution is -2.35. The molecule has 1 aromatic carbocycles. The van der Waals surface area contributed by atoms with Crippen molar-refractivity contribution in [1.82, 2.24) is 9.88 Å². The summed E-state index contributed by atoms with van der Waals surface area (Å²) in [4.78, 5) is 20.4. The predicted octanol–water partition coefficient (Wildman–Crippen LogP) is 3.11. The predicted molar refractivity (Wildman–Crippen MR) is 92.9 cm³/mol. The number of carbonyl (C=O) groups excluding carboxylic acids is 1. The van der Waals surface area contributed by atoms with E-state index in [1.807, 2.05) is 35.5 Å². The monoisotopic (exact) mass is 329 g/mol. The van der Waals surface area contributed by atoms with E-state index in [-0.39, 0.29) is 17.9 Å². The fraction of sp³-hybridized carbons (Fsp3) is 0.444. The van der Waals surface area contributed by atoms with Crippen LogP contribution in [0, 0.1) is 12.8 Å². The van der Waals surface area contributed by atoms with Crippen molar-refractivity contribution in [2.75, 3.05) is 0 Å². The van der Waals surface area contributed by atoms with Crippen molar-refractivity contribution >= 4 is 17.2 Å². The van der Waals surface area contributed by atoms with E-state index in [0.29, 0.717) is 13.1 Å². The summed E-state index contributed by atoms with van der Waals surface area (Å²) in [5.74, 6) is 0.302. The number of thiazole rings is 1. The molecule has 0 unspecified atom stereocenters. The average Bonchev–Trinajstić information content (AvgIpc) is 3.16. The number of rotatable bonds is 5. The molecule has 23 heavy (non-hydrogen) atoms. The topological polar surface area (TPSA) is 59.2 Å². The number of hydrogen-bond acceptors (Lipinski definition) is 4. The number of aromatic nitrogens is 1. The van der Waals surface area contributed by atoms with Crippen molar-refractivity contribution in [2.24, 2.45) is 11.7 Å². The van der Waals surface area contributed by atoms with Gasteiger partial charge in [-0.2, -0.15) is 0 Å². The van der Waals surface area contributed by atoms with Crippen molar-refractivity contribution in [3.05, 3.63) is 52.0 Å². The third-order valence-corrected chi connectivity index (χ3v) is 5.45. The molecule has 0 saturated heterocycles. The normalized spacial score (nSPS) is 20.6. The molecule has 1 fully saturated rings. The Hall–Kier alpha value is -1.72. The van der Waals surface area contributed by atoms with E-state index in [4.69, 9.17) is 5.73 Å². The molecule has 2 N–H and O–H groups in total. The molecule has 0 aliphatic heterocycles. The maximum Gasteiger partial charge on any atom is 0.226 e. The van der Waals surface area contributed by atoms with Gasteiger partial charge in [-0.15, -0.1) is 11.3 Å². The molecule has 0 radical (unpaired) electrons. The molecular weight excluding hydrogens is 306 g/mol. The van der Waals surface area contributed by atoms with Gasteiger partial charge in [0.05, 0.1) is 17.7 Å². The fourth-order valence-electron chi connectivity index (χ4n) is 3.17. The first-order chi connectivity index (χ1) is 11.1. The van der Waals surface area contributed by atoms with Crippen LogP contribution in [0.25, 0.3) is 0 Å². The molecule has 1 aliphatic rings. The average molecular weight is 329 g/mol. The van der Waals surface area contributed by atoms with Gasteiger partial charge in [0.1, 0.15) is 0 Å². The van der Waals surface area contributed by atoms with Crippen LogP contribution in [0.15, 0.2) is 35.8 Å². The first-order valence-electron chi connectivity index (χ1n) is 8.10. The number of hydrogen-bond donors (Lipinski definition) is 1. The lowest BCUT2D eigenvalue weighted by atomic mass is 10.1. The van der Waals surface area contributed by atoms with Crippen LogP contribution in [0.1, 0.15) is 35.4 Å². The Bertz CT molecular complexity index is 655. The highest BCUT2D eigenvalue weighted by molar-refractivity contribution is 7.09. The second kappa shape index (κ2) is 7.23. The molecule has 1 amide bonds. The largest absolute Gasteiger partial charge is 0.333 e. The van der Waals surface area contributed by atoms with E-state index in [0.717, 1.165) is 35.4 Å². The highest BCUT2D eigenvalue weighted by atomic mass is 32.1. The Morgan fingerprint density at radius 2 is 2.09 bits per heavy atom. The van der Waals surface area contributed by atoms with Crippen molar-refractivity contribution in [3.63, 3.8) is 0 Å². The van der Waals surface area contributed by atoms with Crippen molar-refractivity contribution in [3.8, 4) is 0 Å². The van der Waals surface area contributed by atoms with Crippen LogP contribution in [0.5, 0.6) is 0 Å². The first kappa shape index (κ1) is 16.1. The molecule has 1 aromatic heterocycles. The molecule has 1 saturated carbocycles. The van der Waals surface area contributed by atoms with Gasteiger partial charge in [0.2, 0.25) is 5.91 Å². The van der Waals surface area contributed by atoms with Gasteiger partial charge in [0.25, 0.3) is 0 Å². The third kappa shape index (κ3) is 3.98. The molecular formula is C18H23N3OS. The quantitative estimate of drug-likeness (QED) is 0.917. The highest BCUT2D eigenvalue weighted by Gasteiger charge is 2.31. The van der Waals surface area contributed by atoms with Gasteiger partial charge >= 0.3 is 0 Å². The Balaban J connectivity index is 1.77. The molecule has 3 rings (SSSR count). The SMILES string of the molecule is Cc1ncsc1CN(Cc1ccccc1)C(=O)[C@H]1CC[C@@H](N)C1. The van der Waals surface area contributed by atoms with E-state index < -0.39 is 0 Å². The summed E-state index contributed by atoms with van der Waals surface area (Å²) in [6, 6.07) is 10.3. The Morgan fingerprint density at radius 1 is 1.30 bits per heavy atom. The van der Waals surface area contributed by atoms with Gasteiger partial charge < -0.3 is 10.6 Å². The number of nitrogens with two attached hydrogens (primary N) is 1. The summed E-state index contributed by atoms with van der Waals surface area (Å²) in [6.07, 6.45) is 2.67. The van der Waals surface area contributed by atoms with Gasteiger partial charge in [-0.1, -0.05) is 30.3 Å². The van der Waals surface area contributed by atoms with Gasteiger partial charge in [-0.25, -0.2) is 4.98 Å². The van der Waals surface area contributed by atoms with Crippen LogP contribution in [0.4, 0.5) is 0 Å². The van der Waals surface area contributed by atoms with Crippen molar-refractivity contribution < 1.29 is 4.79 Å². The van der Waals surface area contributed by atoms with Crippen LogP contribution < -0.4 is 5.73 Å². The molecule has 5 heteroatoms. The lowest BCUT2D eigenvalue weighted by molar-refractivity contribution is -0.136. The second-order valence-electron chi connectivity index (χ2n) is 6.31. The number of benzene rings is 1. The van der Waals surface area contributed by atoms with Crippen molar-refractivity contribution in [2.45, 2.75) is 45.3 Å². The zero-order valence-corrected chi connectivity index (χ0v) is 14.3. The maximum absolute atomic E-state index is 13.0. The molecule has 0 bridgehead atoms. The summed E-state index contributed by atoms with van der Waals surface area (Å²) in [5.41, 5.74) is 10.0. The van der Waals surface area contributed by atoms with E-state index in [2.05, 4.69) is 17.1 Å². The summed E-state index contributed by atoms with van der Waals surface area (Å²) >= 11 is 1.62. The van der Waals surface area contributed by atoms with E-state index in [1.165, 1.54) is 0 Å². The number of nitrogens with zero attached hydrogens (tertiary/aromatic N) is 2. The Labute approximate surface area is 141 Å². The van der Waals surface area contributed by atoms with Gasteiger partial charge in [0, 0.05) is 23.4 Å². The third-order valence-electron chi connectivity index (χ3n) is 4.53. The Kier molecular flexibility index (Phi) is 5.08. The van der Waals surface area contributed by atoms with E-state index in [9.17, 15) is 4.79 Å². The lowest BCUT2D eigenvalue weighted by Gasteiger charge is -2.25. The molecule has 2 atom stereocenters. The molecule has 4 nitrogen and oxygen atoms in total. The number of aryl methyl sites for hydroxylation is 1. The molecule has 2 aromatic rings. The van der Waals surface area contributed by atoms with Crippen LogP contribution in [0.2, 0.25) is 0 Å². The van der Waals surface area contributed by atoms with Crippen molar-refractivity contribution in [1.29, 1.82) is 0 Å². The van der Waals surface area contributed by atoms with Crippen LogP contribution in [-0.4, -0.2) is 21.8 Å². The highest BCUT2D eigenvalue weighted by Crippen LogP contribution is 2.28. The molecule has 0 spiro atoms. The number of carbonyl (C=O) groups is 1. The second-order valence-corrected chi connectivity index (χ2v) is 7.25. The van der Waals surface area contributed by atoms with Gasteiger partial charge in [-0.3, -0.25) is 4.79 Å². The minimum absolute atomic E-state index is 0.0712.